The van der Waals surface area contributed by atoms with Crippen LogP contribution in [0, 0.1) is 16.0 Å². The molecule has 0 bridgehead atoms. The van der Waals surface area contributed by atoms with Crippen LogP contribution in [0.2, 0.25) is 0 Å². The van der Waals surface area contributed by atoms with E-state index in [0.717, 1.165) is 54.4 Å². The molecule has 0 aliphatic heterocycles. The first kappa shape index (κ1) is 28.0. The molecule has 1 fully saturated rings. The van der Waals surface area contributed by atoms with Crippen LogP contribution in [-0.2, 0) is 25.0 Å². The molecule has 0 aromatic heterocycles. The zero-order valence-corrected chi connectivity index (χ0v) is 23.3. The maximum Gasteiger partial charge on any atom is 0.407 e. The molecule has 0 heterocycles. The molecule has 0 radical (unpaired) electrons. The lowest BCUT2D eigenvalue weighted by molar-refractivity contribution is -0.384. The second kappa shape index (κ2) is 12.3. The molecule has 1 N–H and O–H groups in total. The molecule has 2 aliphatic rings. The number of benzene rings is 3. The van der Waals surface area contributed by atoms with E-state index in [4.69, 9.17) is 13.8 Å². The molecule has 0 saturated heterocycles. The summed E-state index contributed by atoms with van der Waals surface area (Å²) in [7, 11) is -2.52. The van der Waals surface area contributed by atoms with Gasteiger partial charge >= 0.3 is 13.7 Å². The summed E-state index contributed by atoms with van der Waals surface area (Å²) in [5.74, 6) is -1.08. The van der Waals surface area contributed by atoms with Crippen LogP contribution in [0.1, 0.15) is 54.7 Å². The Morgan fingerprint density at radius 3 is 2.15 bits per heavy atom. The number of nitro groups is 1. The number of carbonyl (C=O) groups is 1. The van der Waals surface area contributed by atoms with Crippen molar-refractivity contribution in [3.63, 3.8) is 0 Å². The van der Waals surface area contributed by atoms with Gasteiger partial charge in [0.25, 0.3) is 5.69 Å². The molecular formula is C30H33N2O7P. The SMILES string of the molecule is COP(=O)(OCc1ccc([N+](=O)[O-])cc1)[C@@H](NC(=O)OCC1c2ccccc2-c2ccccc21)C1CCCCC1. The predicted octanol–water partition coefficient (Wildman–Crippen LogP) is 7.40. The van der Waals surface area contributed by atoms with Crippen molar-refractivity contribution in [1.29, 1.82) is 0 Å². The number of rotatable bonds is 10. The summed E-state index contributed by atoms with van der Waals surface area (Å²) in [6.07, 6.45) is 3.88. The van der Waals surface area contributed by atoms with Crippen LogP contribution < -0.4 is 5.32 Å². The van der Waals surface area contributed by atoms with Gasteiger partial charge in [0.1, 0.15) is 12.4 Å². The Hall–Kier alpha value is -3.52. The molecule has 40 heavy (non-hydrogen) atoms. The summed E-state index contributed by atoms with van der Waals surface area (Å²) in [5, 5.41) is 13.8. The molecule has 0 spiro atoms. The van der Waals surface area contributed by atoms with Gasteiger partial charge in [-0.25, -0.2) is 4.79 Å². The Morgan fingerprint density at radius 1 is 0.975 bits per heavy atom. The zero-order valence-electron chi connectivity index (χ0n) is 22.4. The quantitative estimate of drug-likeness (QED) is 0.155. The monoisotopic (exact) mass is 564 g/mol. The molecule has 2 atom stereocenters. The third-order valence-electron chi connectivity index (χ3n) is 7.86. The van der Waals surface area contributed by atoms with Crippen LogP contribution in [0.5, 0.6) is 0 Å². The van der Waals surface area contributed by atoms with Crippen molar-refractivity contribution in [2.24, 2.45) is 5.92 Å². The maximum atomic E-state index is 14.0. The molecular weight excluding hydrogens is 531 g/mol. The molecule has 3 aromatic rings. The van der Waals surface area contributed by atoms with Gasteiger partial charge in [0, 0.05) is 25.2 Å². The van der Waals surface area contributed by atoms with Crippen molar-refractivity contribution in [3.8, 4) is 11.1 Å². The van der Waals surface area contributed by atoms with E-state index >= 15 is 0 Å². The molecule has 3 aromatic carbocycles. The van der Waals surface area contributed by atoms with Gasteiger partial charge in [0.15, 0.2) is 0 Å². The Bertz CT molecular complexity index is 1360. The normalized spacial score (nSPS) is 17.3. The topological polar surface area (TPSA) is 117 Å². The molecule has 1 unspecified atom stereocenters. The fourth-order valence-electron chi connectivity index (χ4n) is 5.79. The average Bonchev–Trinajstić information content (AvgIpc) is 3.32. The highest BCUT2D eigenvalue weighted by Crippen LogP contribution is 2.56. The van der Waals surface area contributed by atoms with Crippen molar-refractivity contribution in [3.05, 3.63) is 99.6 Å². The highest BCUT2D eigenvalue weighted by Gasteiger charge is 2.43. The van der Waals surface area contributed by atoms with Crippen LogP contribution in [0.4, 0.5) is 10.5 Å². The van der Waals surface area contributed by atoms with E-state index in [2.05, 4.69) is 29.6 Å². The van der Waals surface area contributed by atoms with Crippen molar-refractivity contribution in [2.45, 2.75) is 50.4 Å². The Balaban J connectivity index is 1.29. The van der Waals surface area contributed by atoms with E-state index in [1.54, 1.807) is 12.1 Å². The standard InChI is InChI=1S/C30H33N2O7P/c1-37-40(36,39-19-21-15-17-23(18-16-21)32(34)35)29(22-9-3-2-4-10-22)31-30(33)38-20-28-26-13-7-5-11-24(26)25-12-6-8-14-27(25)28/h5-8,11-18,22,28-29H,2-4,9-10,19-20H2,1H3,(H,31,33)/t29-,40?/m1/s1. The highest BCUT2D eigenvalue weighted by atomic mass is 31.2. The van der Waals surface area contributed by atoms with Crippen molar-refractivity contribution in [2.75, 3.05) is 13.7 Å². The van der Waals surface area contributed by atoms with E-state index in [-0.39, 0.29) is 30.7 Å². The van der Waals surface area contributed by atoms with Gasteiger partial charge < -0.3 is 19.1 Å². The minimum Gasteiger partial charge on any atom is -0.449 e. The van der Waals surface area contributed by atoms with Crippen LogP contribution in [-0.4, -0.2) is 30.5 Å². The highest BCUT2D eigenvalue weighted by molar-refractivity contribution is 7.54. The lowest BCUT2D eigenvalue weighted by atomic mass is 9.89. The number of hydrogen-bond acceptors (Lipinski definition) is 7. The van der Waals surface area contributed by atoms with Gasteiger partial charge in [-0.2, -0.15) is 0 Å². The minimum atomic E-state index is -3.83. The van der Waals surface area contributed by atoms with E-state index < -0.39 is 24.4 Å². The number of nitro benzene ring substituents is 1. The average molecular weight is 565 g/mol. The number of hydrogen-bond donors (Lipinski definition) is 1. The van der Waals surface area contributed by atoms with Crippen LogP contribution in [0.3, 0.4) is 0 Å². The van der Waals surface area contributed by atoms with Crippen LogP contribution >= 0.6 is 7.60 Å². The maximum absolute atomic E-state index is 14.0. The second-order valence-electron chi connectivity index (χ2n) is 10.2. The van der Waals surface area contributed by atoms with Gasteiger partial charge in [-0.15, -0.1) is 0 Å². The first-order chi connectivity index (χ1) is 19.4. The van der Waals surface area contributed by atoms with Gasteiger partial charge in [-0.1, -0.05) is 67.8 Å². The predicted molar refractivity (Wildman–Crippen MR) is 151 cm³/mol. The van der Waals surface area contributed by atoms with Gasteiger partial charge in [0.2, 0.25) is 0 Å². The number of carbonyl (C=O) groups excluding carboxylic acids is 1. The summed E-state index contributed by atoms with van der Waals surface area (Å²) >= 11 is 0. The molecule has 10 heteroatoms. The Labute approximate surface area is 233 Å². The largest absolute Gasteiger partial charge is 0.449 e. The Kier molecular flexibility index (Phi) is 8.64. The smallest absolute Gasteiger partial charge is 0.407 e. The molecule has 9 nitrogen and oxygen atoms in total. The number of amides is 1. The second-order valence-corrected chi connectivity index (χ2v) is 12.5. The van der Waals surface area contributed by atoms with Crippen molar-refractivity contribution >= 4 is 19.4 Å². The number of fused-ring (bicyclic) bond motifs is 3. The fourth-order valence-corrected chi connectivity index (χ4v) is 7.69. The lowest BCUT2D eigenvalue weighted by Gasteiger charge is -2.34. The van der Waals surface area contributed by atoms with Gasteiger partial charge in [-0.05, 0) is 58.7 Å². The summed E-state index contributed by atoms with van der Waals surface area (Å²) in [4.78, 5) is 23.7. The number of nitrogens with zero attached hydrogens (tertiary/aromatic N) is 1. The van der Waals surface area contributed by atoms with Crippen LogP contribution in [0.25, 0.3) is 11.1 Å². The molecule has 1 saturated carbocycles. The third-order valence-corrected chi connectivity index (χ3v) is 10.1. The third kappa shape index (κ3) is 5.97. The number of nitrogens with one attached hydrogen (secondary N) is 1. The summed E-state index contributed by atoms with van der Waals surface area (Å²) in [5.41, 5.74) is 5.04. The number of alkyl carbamates (subject to hydrolysis) is 1. The van der Waals surface area contributed by atoms with Crippen LogP contribution in [0.15, 0.2) is 72.8 Å². The summed E-state index contributed by atoms with van der Waals surface area (Å²) in [6.45, 7) is 0.0525. The Morgan fingerprint density at radius 2 is 1.57 bits per heavy atom. The first-order valence-corrected chi connectivity index (χ1v) is 15.2. The first-order valence-electron chi connectivity index (χ1n) is 13.5. The molecule has 2 aliphatic carbocycles. The van der Waals surface area contributed by atoms with E-state index in [1.165, 1.54) is 19.2 Å². The molecule has 5 rings (SSSR count). The van der Waals surface area contributed by atoms with E-state index in [1.807, 2.05) is 24.3 Å². The van der Waals surface area contributed by atoms with Crippen molar-refractivity contribution < 1.29 is 28.1 Å². The number of ether oxygens (including phenoxy) is 1. The molecule has 210 valence electrons. The van der Waals surface area contributed by atoms with E-state index in [9.17, 15) is 19.5 Å². The zero-order chi connectivity index (χ0) is 28.1. The number of non-ortho nitro benzene ring substituents is 1. The summed E-state index contributed by atoms with van der Waals surface area (Å²) < 4.78 is 31.1. The van der Waals surface area contributed by atoms with Gasteiger partial charge in [-0.3, -0.25) is 14.7 Å². The van der Waals surface area contributed by atoms with Crippen molar-refractivity contribution in [1.82, 2.24) is 5.32 Å². The molecule has 1 amide bonds. The van der Waals surface area contributed by atoms with E-state index in [0.29, 0.717) is 5.56 Å². The fraction of sp³-hybridized carbons (Fsp3) is 0.367. The summed E-state index contributed by atoms with van der Waals surface area (Å²) in [6, 6.07) is 22.0. The van der Waals surface area contributed by atoms with Gasteiger partial charge in [0.05, 0.1) is 11.5 Å². The lowest BCUT2D eigenvalue weighted by Crippen LogP contribution is -2.42. The minimum absolute atomic E-state index is 0.0457.